The number of carbonyl (C=O) groups excluding carboxylic acids is 6. The molecule has 13 nitrogen and oxygen atoms in total. The van der Waals surface area contributed by atoms with E-state index in [4.69, 9.17) is 14.2 Å². The van der Waals surface area contributed by atoms with Gasteiger partial charge in [0.1, 0.15) is 24.3 Å². The molecule has 0 unspecified atom stereocenters. The number of hydrogen-bond donors (Lipinski definition) is 2. The Hall–Kier alpha value is -4.78. The first-order valence-corrected chi connectivity index (χ1v) is 15.4. The van der Waals surface area contributed by atoms with Gasteiger partial charge in [0.25, 0.3) is 11.8 Å². The smallest absolute Gasteiger partial charge is 0.436 e. The van der Waals surface area contributed by atoms with Crippen LogP contribution in [0.5, 0.6) is 0 Å². The number of imide groups is 1. The zero-order valence-corrected chi connectivity index (χ0v) is 27.9. The first-order chi connectivity index (χ1) is 22.1. The van der Waals surface area contributed by atoms with Crippen molar-refractivity contribution in [2.24, 2.45) is 5.92 Å². The molecule has 2 aromatic carbocycles. The van der Waals surface area contributed by atoms with E-state index in [2.05, 4.69) is 10.6 Å². The molecule has 3 rings (SSSR count). The number of rotatable bonds is 12. The molecule has 1 fully saturated rings. The summed E-state index contributed by atoms with van der Waals surface area (Å²) in [4.78, 5) is 78.6. The molecule has 0 spiro atoms. The highest BCUT2D eigenvalue weighted by Gasteiger charge is 2.56. The third-order valence-electron chi connectivity index (χ3n) is 7.06. The maximum Gasteiger partial charge on any atom is 0.436 e. The predicted octanol–water partition coefficient (Wildman–Crippen LogP) is 2.91. The summed E-state index contributed by atoms with van der Waals surface area (Å²) in [5.74, 6) is -3.95. The number of benzene rings is 2. The number of hydrogen-bond acceptors (Lipinski definition) is 9. The van der Waals surface area contributed by atoms with Gasteiger partial charge in [-0.15, -0.1) is 5.01 Å². The molecule has 254 valence electrons. The Bertz CT molecular complexity index is 1430. The Morgan fingerprint density at radius 2 is 1.43 bits per heavy atom. The fraction of sp³-hybridized carbons (Fsp3) is 0.471. The number of carbonyl (C=O) groups is 6. The fourth-order valence-corrected chi connectivity index (χ4v) is 4.50. The number of aryl methyl sites for hydroxylation is 1. The molecule has 13 heteroatoms. The summed E-state index contributed by atoms with van der Waals surface area (Å²) in [7, 11) is 1.16. The predicted molar refractivity (Wildman–Crippen MR) is 170 cm³/mol. The van der Waals surface area contributed by atoms with Gasteiger partial charge in [0.15, 0.2) is 12.2 Å². The lowest BCUT2D eigenvalue weighted by Crippen LogP contribution is -2.59. The van der Waals surface area contributed by atoms with Gasteiger partial charge in [0.05, 0.1) is 0 Å². The minimum Gasteiger partial charge on any atom is -0.459 e. The Kier molecular flexibility index (Phi) is 12.6. The molecule has 1 aliphatic rings. The molecule has 5 amide bonds. The molecule has 2 N–H and O–H groups in total. The standard InChI is InChI=1S/C34H44N4O9/c1-21(2)26(36-25(39)19-18-23-14-10-8-11-15-23)29(40)35-22(3)30(41)37(7)38(33(44)47-34(4,5)6)31(42)27-28(46-27)32(43)45-20-24-16-12-9-13-17-24/h8-17,21-22,26-28H,18-20H2,1-7H3,(H,35,40)(H,36,39)/t22-,26-,27-,28-/m0/s1. The number of likely N-dealkylation sites (N-methyl/N-ethyl adjacent to an activating group) is 1. The van der Waals surface area contributed by atoms with Gasteiger partial charge in [-0.25, -0.2) is 14.6 Å². The molecule has 0 aromatic heterocycles. The van der Waals surface area contributed by atoms with Crippen molar-refractivity contribution >= 4 is 35.7 Å². The number of epoxide rings is 1. The lowest BCUT2D eigenvalue weighted by atomic mass is 10.0. The van der Waals surface area contributed by atoms with Gasteiger partial charge in [-0.1, -0.05) is 74.5 Å². The molecule has 2 aromatic rings. The van der Waals surface area contributed by atoms with Crippen LogP contribution < -0.4 is 10.6 Å². The highest BCUT2D eigenvalue weighted by atomic mass is 16.6. The second-order valence-corrected chi connectivity index (χ2v) is 12.6. The van der Waals surface area contributed by atoms with Crippen LogP contribution in [0.15, 0.2) is 60.7 Å². The molecule has 0 radical (unpaired) electrons. The summed E-state index contributed by atoms with van der Waals surface area (Å²) in [5, 5.41) is 6.44. The molecule has 1 saturated heterocycles. The maximum absolute atomic E-state index is 13.5. The SMILES string of the molecule is CC(C)[C@H](NC(=O)CCc1ccccc1)C(=O)N[C@@H](C)C(=O)N(C)N(C(=O)OC(C)(C)C)C(=O)[C@H]1O[C@@H]1C(=O)OCc1ccccc1. The van der Waals surface area contributed by atoms with E-state index in [1.165, 1.54) is 6.92 Å². The van der Waals surface area contributed by atoms with Crippen molar-refractivity contribution < 1.29 is 43.0 Å². The van der Waals surface area contributed by atoms with Gasteiger partial charge in [0, 0.05) is 13.5 Å². The lowest BCUT2D eigenvalue weighted by Gasteiger charge is -2.33. The van der Waals surface area contributed by atoms with Gasteiger partial charge in [0.2, 0.25) is 11.8 Å². The van der Waals surface area contributed by atoms with Crippen LogP contribution in [0.4, 0.5) is 4.79 Å². The number of esters is 1. The van der Waals surface area contributed by atoms with E-state index < -0.39 is 59.7 Å². The third kappa shape index (κ3) is 10.9. The van der Waals surface area contributed by atoms with E-state index in [0.717, 1.165) is 18.2 Å². The first-order valence-electron chi connectivity index (χ1n) is 15.4. The van der Waals surface area contributed by atoms with Crippen LogP contribution in [0.25, 0.3) is 0 Å². The summed E-state index contributed by atoms with van der Waals surface area (Å²) in [5.41, 5.74) is 0.667. The van der Waals surface area contributed by atoms with Crippen molar-refractivity contribution in [3.8, 4) is 0 Å². The highest BCUT2D eigenvalue weighted by molar-refractivity contribution is 6.02. The molecular formula is C34H44N4O9. The Morgan fingerprint density at radius 3 is 1.98 bits per heavy atom. The van der Waals surface area contributed by atoms with E-state index in [1.807, 2.05) is 36.4 Å². The van der Waals surface area contributed by atoms with Crippen molar-refractivity contribution in [2.45, 2.75) is 90.9 Å². The Morgan fingerprint density at radius 1 is 0.851 bits per heavy atom. The van der Waals surface area contributed by atoms with Crippen molar-refractivity contribution in [3.05, 3.63) is 71.8 Å². The minimum absolute atomic E-state index is 0.0450. The second kappa shape index (κ2) is 16.2. The first kappa shape index (κ1) is 36.7. The van der Waals surface area contributed by atoms with Crippen LogP contribution in [0.3, 0.4) is 0 Å². The fourth-order valence-electron chi connectivity index (χ4n) is 4.50. The van der Waals surface area contributed by atoms with E-state index in [9.17, 15) is 28.8 Å². The Balaban J connectivity index is 1.65. The minimum atomic E-state index is -1.40. The molecule has 1 aliphatic heterocycles. The van der Waals surface area contributed by atoms with Crippen molar-refractivity contribution in [2.75, 3.05) is 7.05 Å². The molecule has 1 heterocycles. The monoisotopic (exact) mass is 652 g/mol. The van der Waals surface area contributed by atoms with Crippen molar-refractivity contribution in [1.82, 2.24) is 20.7 Å². The van der Waals surface area contributed by atoms with Crippen LogP contribution >= 0.6 is 0 Å². The average Bonchev–Trinajstić information content (AvgIpc) is 3.82. The summed E-state index contributed by atoms with van der Waals surface area (Å²) >= 11 is 0. The van der Waals surface area contributed by atoms with Crippen LogP contribution in [-0.4, -0.2) is 82.6 Å². The topological polar surface area (TPSA) is 164 Å². The Labute approximate surface area is 274 Å². The lowest BCUT2D eigenvalue weighted by molar-refractivity contribution is -0.161. The number of ether oxygens (including phenoxy) is 3. The molecule has 0 aliphatic carbocycles. The third-order valence-corrected chi connectivity index (χ3v) is 7.06. The van der Waals surface area contributed by atoms with Crippen LogP contribution in [-0.2, 0) is 51.2 Å². The van der Waals surface area contributed by atoms with Gasteiger partial charge in [-0.2, -0.15) is 0 Å². The zero-order chi connectivity index (χ0) is 34.9. The van der Waals surface area contributed by atoms with Crippen LogP contribution in [0, 0.1) is 5.92 Å². The van der Waals surface area contributed by atoms with E-state index >= 15 is 0 Å². The summed E-state index contributed by atoms with van der Waals surface area (Å²) in [6, 6.07) is 16.2. The van der Waals surface area contributed by atoms with E-state index in [0.29, 0.717) is 16.4 Å². The van der Waals surface area contributed by atoms with E-state index in [-0.39, 0.29) is 24.9 Å². The average molecular weight is 653 g/mol. The quantitative estimate of drug-likeness (QED) is 0.199. The zero-order valence-electron chi connectivity index (χ0n) is 27.9. The maximum atomic E-state index is 13.5. The normalized spacial score (nSPS) is 16.7. The summed E-state index contributed by atoms with van der Waals surface area (Å²) in [6.07, 6.45) is -3.22. The van der Waals surface area contributed by atoms with Crippen LogP contribution in [0.2, 0.25) is 0 Å². The van der Waals surface area contributed by atoms with Gasteiger partial charge in [-0.05, 0) is 51.2 Å². The molecule has 4 atom stereocenters. The number of nitrogens with zero attached hydrogens (tertiary/aromatic N) is 2. The number of nitrogens with one attached hydrogen (secondary N) is 2. The number of amides is 5. The molecular weight excluding hydrogens is 608 g/mol. The van der Waals surface area contributed by atoms with Gasteiger partial charge < -0.3 is 24.8 Å². The molecule has 47 heavy (non-hydrogen) atoms. The summed E-state index contributed by atoms with van der Waals surface area (Å²) < 4.78 is 15.9. The van der Waals surface area contributed by atoms with Crippen molar-refractivity contribution in [3.63, 3.8) is 0 Å². The van der Waals surface area contributed by atoms with Gasteiger partial charge in [-0.3, -0.25) is 19.2 Å². The number of hydrazine groups is 1. The van der Waals surface area contributed by atoms with Crippen molar-refractivity contribution in [1.29, 1.82) is 0 Å². The summed E-state index contributed by atoms with van der Waals surface area (Å²) in [6.45, 7) is 9.57. The van der Waals surface area contributed by atoms with E-state index in [1.54, 1.807) is 58.9 Å². The second-order valence-electron chi connectivity index (χ2n) is 12.6. The highest BCUT2D eigenvalue weighted by Crippen LogP contribution is 2.28. The van der Waals surface area contributed by atoms with Crippen LogP contribution in [0.1, 0.15) is 59.1 Å². The largest absolute Gasteiger partial charge is 0.459 e. The molecule has 0 bridgehead atoms. The van der Waals surface area contributed by atoms with Gasteiger partial charge >= 0.3 is 12.1 Å². The molecule has 0 saturated carbocycles.